The summed E-state index contributed by atoms with van der Waals surface area (Å²) in [5, 5.41) is 16.7. The molecule has 6 rings (SSSR count). The summed E-state index contributed by atoms with van der Waals surface area (Å²) in [5.41, 5.74) is 0.849. The Labute approximate surface area is 251 Å². The Hall–Kier alpha value is -4.36. The second-order valence-electron chi connectivity index (χ2n) is 10.2. The Bertz CT molecular complexity index is 1810. The van der Waals surface area contributed by atoms with Crippen molar-refractivity contribution in [1.29, 1.82) is 0 Å². The smallest absolute Gasteiger partial charge is 0.481 e. The number of thiophene rings is 2. The molecule has 0 saturated heterocycles. The molecule has 2 aromatic carbocycles. The summed E-state index contributed by atoms with van der Waals surface area (Å²) in [5.74, 6) is -1.07. The first-order valence-electron chi connectivity index (χ1n) is 13.2. The van der Waals surface area contributed by atoms with Crippen LogP contribution in [-0.4, -0.2) is 33.3 Å². The number of carboxylic acid groups (broad SMARTS) is 1. The van der Waals surface area contributed by atoms with Gasteiger partial charge in [-0.15, -0.1) is 35.8 Å². The number of nitrogens with one attached hydrogen (secondary N) is 1. The molecule has 1 fully saturated rings. The predicted octanol–water partition coefficient (Wildman–Crippen LogP) is 8.35. The molecule has 0 aliphatic heterocycles. The lowest BCUT2D eigenvalue weighted by Crippen LogP contribution is -2.21. The number of alkyl halides is 3. The van der Waals surface area contributed by atoms with E-state index in [0.717, 1.165) is 19.8 Å². The van der Waals surface area contributed by atoms with Gasteiger partial charge < -0.3 is 14.6 Å². The number of amides is 1. The van der Waals surface area contributed by atoms with Gasteiger partial charge in [0.1, 0.15) is 17.7 Å². The summed E-state index contributed by atoms with van der Waals surface area (Å²) in [4.78, 5) is 25.8. The quantitative estimate of drug-likeness (QED) is 0.179. The molecule has 1 atom stereocenters. The first-order valence-corrected chi connectivity index (χ1v) is 14.8. The number of hydrogen-bond donors (Lipinski definition) is 2. The minimum atomic E-state index is -4.95. The van der Waals surface area contributed by atoms with E-state index < -0.39 is 35.7 Å². The molecule has 3 aromatic heterocycles. The van der Waals surface area contributed by atoms with Crippen LogP contribution in [0.4, 0.5) is 23.8 Å². The molecule has 0 spiro atoms. The van der Waals surface area contributed by atoms with E-state index in [0.29, 0.717) is 29.1 Å². The normalized spacial score (nSPS) is 14.8. The lowest BCUT2D eigenvalue weighted by atomic mass is 9.94. The fraction of sp³-hybridized carbons (Fsp3) is 0.233. The number of hydrogen-bond acceptors (Lipinski definition) is 7. The zero-order chi connectivity index (χ0) is 30.5. The van der Waals surface area contributed by atoms with Crippen molar-refractivity contribution in [3.05, 3.63) is 78.0 Å². The van der Waals surface area contributed by atoms with Gasteiger partial charge in [-0.3, -0.25) is 14.8 Å². The van der Waals surface area contributed by atoms with E-state index in [1.807, 2.05) is 36.4 Å². The van der Waals surface area contributed by atoms with Crippen molar-refractivity contribution in [2.24, 2.45) is 7.05 Å². The van der Waals surface area contributed by atoms with Crippen molar-refractivity contribution in [2.75, 3.05) is 5.32 Å². The van der Waals surface area contributed by atoms with Crippen LogP contribution in [0.5, 0.6) is 5.75 Å². The highest BCUT2D eigenvalue weighted by atomic mass is 32.1. The molecule has 0 radical (unpaired) electrons. The number of fused-ring (bicyclic) bond motifs is 1. The maximum atomic E-state index is 13.3. The van der Waals surface area contributed by atoms with Crippen molar-refractivity contribution in [3.63, 3.8) is 0 Å². The number of anilines is 1. The summed E-state index contributed by atoms with van der Waals surface area (Å²) in [6.07, 6.45) is -3.71. The maximum Gasteiger partial charge on any atom is 0.573 e. The number of nitrogens with zero attached hydrogens (tertiary/aromatic N) is 2. The number of aliphatic carboxylic acids is 1. The van der Waals surface area contributed by atoms with Gasteiger partial charge in [0, 0.05) is 31.8 Å². The second-order valence-corrected chi connectivity index (χ2v) is 12.4. The van der Waals surface area contributed by atoms with Crippen LogP contribution in [0.25, 0.3) is 30.3 Å². The highest BCUT2D eigenvalue weighted by molar-refractivity contribution is 7.31. The third-order valence-electron chi connectivity index (χ3n) is 7.37. The van der Waals surface area contributed by atoms with Crippen molar-refractivity contribution in [2.45, 2.75) is 37.6 Å². The van der Waals surface area contributed by atoms with Gasteiger partial charge >= 0.3 is 18.4 Å². The number of halogens is 3. The van der Waals surface area contributed by atoms with Gasteiger partial charge in [0.25, 0.3) is 0 Å². The summed E-state index contributed by atoms with van der Waals surface area (Å²) < 4.78 is 53.1. The molecule has 1 amide bonds. The van der Waals surface area contributed by atoms with Crippen molar-refractivity contribution in [3.8, 4) is 26.6 Å². The molecule has 0 bridgehead atoms. The minimum Gasteiger partial charge on any atom is -0.481 e. The minimum absolute atomic E-state index is 0.219. The summed E-state index contributed by atoms with van der Waals surface area (Å²) in [7, 11) is 1.69. The third-order valence-corrected chi connectivity index (χ3v) is 9.73. The van der Waals surface area contributed by atoms with E-state index in [1.165, 1.54) is 39.5 Å². The van der Waals surface area contributed by atoms with Crippen molar-refractivity contribution < 1.29 is 37.3 Å². The fourth-order valence-corrected chi connectivity index (χ4v) is 7.37. The van der Waals surface area contributed by atoms with Crippen LogP contribution < -0.4 is 10.1 Å². The monoisotopic (exact) mass is 627 g/mol. The molecule has 2 N–H and O–H groups in total. The van der Waals surface area contributed by atoms with Gasteiger partial charge in [-0.1, -0.05) is 36.4 Å². The number of aryl methyl sites for hydroxylation is 1. The van der Waals surface area contributed by atoms with Crippen LogP contribution in [0.2, 0.25) is 0 Å². The molecule has 1 aliphatic carbocycles. The molecule has 5 aromatic rings. The van der Waals surface area contributed by atoms with Gasteiger partial charge in [0.15, 0.2) is 0 Å². The van der Waals surface area contributed by atoms with Gasteiger partial charge in [-0.05, 0) is 55.2 Å². The number of rotatable bonds is 8. The molecule has 8 nitrogen and oxygen atoms in total. The highest BCUT2D eigenvalue weighted by Crippen LogP contribution is 2.51. The number of carbonyl (C=O) groups is 2. The summed E-state index contributed by atoms with van der Waals surface area (Å²) >= 11 is 2.68. The van der Waals surface area contributed by atoms with E-state index in [-0.39, 0.29) is 11.1 Å². The highest BCUT2D eigenvalue weighted by Gasteiger charge is 2.52. The molecule has 0 unspecified atom stereocenters. The van der Waals surface area contributed by atoms with Crippen LogP contribution in [0.15, 0.2) is 66.9 Å². The van der Waals surface area contributed by atoms with E-state index in [2.05, 4.69) is 15.2 Å². The number of ether oxygens (including phenoxy) is 2. The number of aromatic nitrogens is 2. The molecule has 43 heavy (non-hydrogen) atoms. The molecule has 3 heterocycles. The average molecular weight is 628 g/mol. The molecule has 222 valence electrons. The molecular weight excluding hydrogens is 603 g/mol. The zero-order valence-corrected chi connectivity index (χ0v) is 24.4. The first-order chi connectivity index (χ1) is 20.4. The summed E-state index contributed by atoms with van der Waals surface area (Å²) in [6.45, 7) is 1.78. The van der Waals surface area contributed by atoms with E-state index in [9.17, 15) is 27.9 Å². The van der Waals surface area contributed by atoms with Crippen LogP contribution in [0.3, 0.4) is 0 Å². The Morgan fingerprint density at radius 2 is 1.67 bits per heavy atom. The van der Waals surface area contributed by atoms with Crippen LogP contribution in [-0.2, 0) is 22.0 Å². The van der Waals surface area contributed by atoms with Crippen LogP contribution >= 0.6 is 22.7 Å². The van der Waals surface area contributed by atoms with Crippen LogP contribution in [0, 0.1) is 0 Å². The third kappa shape index (κ3) is 5.69. The number of benzene rings is 2. The fourth-order valence-electron chi connectivity index (χ4n) is 4.93. The SMILES string of the molecule is C[C@@H](OC(=O)Nc1c(-c2cc3sc(-c4ccc(C5(C(=O)O)CC5)cc4OC(F)(F)F)cc3s2)cnn1C)c1ccccc1. The summed E-state index contributed by atoms with van der Waals surface area (Å²) in [6, 6.07) is 17.2. The lowest BCUT2D eigenvalue weighted by molar-refractivity contribution is -0.274. The zero-order valence-electron chi connectivity index (χ0n) is 22.8. The molecular formula is C30H24F3N3O5S2. The molecule has 1 saturated carbocycles. The lowest BCUT2D eigenvalue weighted by Gasteiger charge is -2.16. The Morgan fingerprint density at radius 3 is 2.28 bits per heavy atom. The average Bonchev–Trinajstić information content (AvgIpc) is 3.38. The largest absolute Gasteiger partial charge is 0.573 e. The topological polar surface area (TPSA) is 103 Å². The van der Waals surface area contributed by atoms with E-state index >= 15 is 0 Å². The van der Waals surface area contributed by atoms with E-state index in [1.54, 1.807) is 32.3 Å². The van der Waals surface area contributed by atoms with Crippen molar-refractivity contribution in [1.82, 2.24) is 9.78 Å². The Morgan fingerprint density at radius 1 is 1.02 bits per heavy atom. The van der Waals surface area contributed by atoms with Gasteiger partial charge in [0.05, 0.1) is 17.2 Å². The number of carboxylic acids is 1. The van der Waals surface area contributed by atoms with Crippen LogP contribution in [0.1, 0.15) is 37.0 Å². The molecule has 1 aliphatic rings. The Kier molecular flexibility index (Phi) is 7.17. The van der Waals surface area contributed by atoms with Gasteiger partial charge in [-0.2, -0.15) is 5.10 Å². The van der Waals surface area contributed by atoms with Gasteiger partial charge in [-0.25, -0.2) is 4.79 Å². The first kappa shape index (κ1) is 28.7. The maximum absolute atomic E-state index is 13.3. The second kappa shape index (κ2) is 10.7. The van der Waals surface area contributed by atoms with Gasteiger partial charge in [0.2, 0.25) is 0 Å². The van der Waals surface area contributed by atoms with E-state index in [4.69, 9.17) is 4.74 Å². The predicted molar refractivity (Wildman–Crippen MR) is 158 cm³/mol. The Balaban J connectivity index is 1.27. The number of carbonyl (C=O) groups excluding carboxylic acids is 1. The molecule has 13 heteroatoms. The standard InChI is InChI=1S/C30H24F3N3O5S2/c1-16(17-6-4-3-5-7-17)40-28(39)35-26-20(15-34-36(26)2)23-14-25-24(43-23)13-22(42-25)19-9-8-18(29(10-11-29)27(37)38)12-21(19)41-30(31,32)33/h3-9,12-16H,10-11H2,1-2H3,(H,35,39)(H,37,38)/t16-/m1/s1. The van der Waals surface area contributed by atoms with Crippen molar-refractivity contribution >= 4 is 50.0 Å².